The molecule has 0 bridgehead atoms. The van der Waals surface area contributed by atoms with Gasteiger partial charge in [0.15, 0.2) is 0 Å². The Balaban J connectivity index is 2.33. The minimum atomic E-state index is -0.942. The first-order valence-electron chi connectivity index (χ1n) is 7.97. The maximum absolute atomic E-state index is 12.5. The summed E-state index contributed by atoms with van der Waals surface area (Å²) in [5, 5.41) is 15.9. The van der Waals surface area contributed by atoms with E-state index in [1.807, 2.05) is 45.0 Å². The van der Waals surface area contributed by atoms with Gasteiger partial charge < -0.3 is 10.4 Å². The maximum atomic E-state index is 12.5. The van der Waals surface area contributed by atoms with E-state index in [4.69, 9.17) is 5.11 Å². The number of aryl methyl sites for hydroxylation is 1. The third kappa shape index (κ3) is 4.01. The Bertz CT molecular complexity index is 732. The molecule has 2 N–H and O–H groups in total. The molecule has 6 heteroatoms. The van der Waals surface area contributed by atoms with Gasteiger partial charge in [-0.1, -0.05) is 31.5 Å². The summed E-state index contributed by atoms with van der Waals surface area (Å²) >= 11 is 0. The van der Waals surface area contributed by atoms with E-state index in [2.05, 4.69) is 10.4 Å². The molecule has 1 unspecified atom stereocenters. The van der Waals surface area contributed by atoms with E-state index in [9.17, 15) is 9.59 Å². The van der Waals surface area contributed by atoms with Gasteiger partial charge in [-0.05, 0) is 31.9 Å². The minimum Gasteiger partial charge on any atom is -0.481 e. The monoisotopic (exact) mass is 329 g/mol. The highest BCUT2D eigenvalue weighted by atomic mass is 16.4. The van der Waals surface area contributed by atoms with Gasteiger partial charge in [0.1, 0.15) is 0 Å². The lowest BCUT2D eigenvalue weighted by atomic mass is 10.0. The highest BCUT2D eigenvalue weighted by molar-refractivity contribution is 5.95. The average molecular weight is 329 g/mol. The van der Waals surface area contributed by atoms with Crippen molar-refractivity contribution in [1.29, 1.82) is 0 Å². The van der Waals surface area contributed by atoms with Gasteiger partial charge in [-0.3, -0.25) is 9.59 Å². The fourth-order valence-corrected chi connectivity index (χ4v) is 2.59. The van der Waals surface area contributed by atoms with Gasteiger partial charge in [-0.15, -0.1) is 0 Å². The van der Waals surface area contributed by atoms with Crippen molar-refractivity contribution in [2.45, 2.75) is 46.1 Å². The summed E-state index contributed by atoms with van der Waals surface area (Å²) in [6, 6.07) is 7.47. The van der Waals surface area contributed by atoms with E-state index in [0.29, 0.717) is 5.56 Å². The van der Waals surface area contributed by atoms with Crippen LogP contribution in [0.15, 0.2) is 30.5 Å². The molecule has 0 saturated heterocycles. The third-order valence-corrected chi connectivity index (χ3v) is 3.73. The molecule has 0 radical (unpaired) electrons. The van der Waals surface area contributed by atoms with Crippen molar-refractivity contribution in [1.82, 2.24) is 15.1 Å². The third-order valence-electron chi connectivity index (χ3n) is 3.73. The molecule has 0 aliphatic carbocycles. The molecule has 6 nitrogen and oxygen atoms in total. The Morgan fingerprint density at radius 1 is 1.21 bits per heavy atom. The second-order valence-electron chi connectivity index (χ2n) is 6.32. The minimum absolute atomic E-state index is 0.0873. The van der Waals surface area contributed by atoms with Crippen LogP contribution in [0.25, 0.3) is 5.69 Å². The highest BCUT2D eigenvalue weighted by Crippen LogP contribution is 2.23. The largest absolute Gasteiger partial charge is 0.481 e. The molecule has 0 saturated carbocycles. The average Bonchev–Trinajstić information content (AvgIpc) is 2.92. The molecule has 24 heavy (non-hydrogen) atoms. The number of hydrogen-bond acceptors (Lipinski definition) is 3. The highest BCUT2D eigenvalue weighted by Gasteiger charge is 2.22. The Morgan fingerprint density at radius 2 is 1.83 bits per heavy atom. The number of nitrogens with zero attached hydrogens (tertiary/aromatic N) is 2. The van der Waals surface area contributed by atoms with E-state index in [1.54, 1.807) is 11.6 Å². The summed E-state index contributed by atoms with van der Waals surface area (Å²) in [7, 11) is 0. The topological polar surface area (TPSA) is 84.2 Å². The number of amides is 1. The molecule has 0 aliphatic heterocycles. The summed E-state index contributed by atoms with van der Waals surface area (Å²) < 4.78 is 1.76. The zero-order valence-electron chi connectivity index (χ0n) is 14.4. The molecular weight excluding hydrogens is 306 g/mol. The molecule has 1 amide bonds. The molecule has 1 heterocycles. The van der Waals surface area contributed by atoms with Crippen molar-refractivity contribution in [2.24, 2.45) is 0 Å². The van der Waals surface area contributed by atoms with Crippen LogP contribution < -0.4 is 5.32 Å². The standard InChI is InChI=1S/C18H23N3O3/c1-11(2)17-15(18(24)20-13(4)9-16(22)23)10-19-21(17)14-7-5-12(3)6-8-14/h5-8,10-11,13H,9H2,1-4H3,(H,20,24)(H,22,23). The number of nitrogens with one attached hydrogen (secondary N) is 1. The molecule has 1 atom stereocenters. The first-order chi connectivity index (χ1) is 11.3. The van der Waals surface area contributed by atoms with Crippen LogP contribution >= 0.6 is 0 Å². The van der Waals surface area contributed by atoms with Gasteiger partial charge in [0, 0.05) is 6.04 Å². The van der Waals surface area contributed by atoms with Crippen LogP contribution in [0.3, 0.4) is 0 Å². The van der Waals surface area contributed by atoms with Crippen molar-refractivity contribution in [3.8, 4) is 5.69 Å². The molecule has 0 aliphatic rings. The molecule has 2 aromatic rings. The van der Waals surface area contributed by atoms with E-state index >= 15 is 0 Å². The van der Waals surface area contributed by atoms with Crippen molar-refractivity contribution >= 4 is 11.9 Å². The van der Waals surface area contributed by atoms with Gasteiger partial charge in [-0.25, -0.2) is 4.68 Å². The lowest BCUT2D eigenvalue weighted by Gasteiger charge is -2.15. The van der Waals surface area contributed by atoms with Crippen LogP contribution in [0.1, 0.15) is 54.7 Å². The van der Waals surface area contributed by atoms with Crippen molar-refractivity contribution < 1.29 is 14.7 Å². The summed E-state index contributed by atoms with van der Waals surface area (Å²) in [5.74, 6) is -1.16. The van der Waals surface area contributed by atoms with Crippen molar-refractivity contribution in [2.75, 3.05) is 0 Å². The van der Waals surface area contributed by atoms with Crippen LogP contribution in [0, 0.1) is 6.92 Å². The number of rotatable bonds is 6. The number of hydrogen-bond donors (Lipinski definition) is 2. The molecule has 128 valence electrons. The maximum Gasteiger partial charge on any atom is 0.305 e. The lowest BCUT2D eigenvalue weighted by Crippen LogP contribution is -2.34. The quantitative estimate of drug-likeness (QED) is 0.853. The number of benzene rings is 1. The van der Waals surface area contributed by atoms with Crippen molar-refractivity contribution in [3.63, 3.8) is 0 Å². The molecule has 2 rings (SSSR count). The number of carbonyl (C=O) groups is 2. The molecule has 0 fully saturated rings. The van der Waals surface area contributed by atoms with E-state index in [1.165, 1.54) is 6.20 Å². The lowest BCUT2D eigenvalue weighted by molar-refractivity contribution is -0.137. The van der Waals surface area contributed by atoms with Gasteiger partial charge in [0.25, 0.3) is 5.91 Å². The Kier molecular flexibility index (Phi) is 5.39. The van der Waals surface area contributed by atoms with E-state index in [0.717, 1.165) is 16.9 Å². The molecule has 1 aromatic carbocycles. The Hall–Kier alpha value is -2.63. The van der Waals surface area contributed by atoms with E-state index in [-0.39, 0.29) is 18.2 Å². The van der Waals surface area contributed by atoms with Crippen LogP contribution in [-0.2, 0) is 4.79 Å². The fraction of sp³-hybridized carbons (Fsp3) is 0.389. The number of aliphatic carboxylic acids is 1. The zero-order valence-corrected chi connectivity index (χ0v) is 14.4. The number of aromatic nitrogens is 2. The summed E-state index contributed by atoms with van der Waals surface area (Å²) in [6.45, 7) is 7.68. The summed E-state index contributed by atoms with van der Waals surface area (Å²) in [5.41, 5.74) is 3.32. The van der Waals surface area contributed by atoms with Crippen LogP contribution in [0.2, 0.25) is 0 Å². The Labute approximate surface area is 141 Å². The van der Waals surface area contributed by atoms with Gasteiger partial charge >= 0.3 is 5.97 Å². The van der Waals surface area contributed by atoms with Crippen LogP contribution in [0.5, 0.6) is 0 Å². The first-order valence-corrected chi connectivity index (χ1v) is 7.97. The SMILES string of the molecule is Cc1ccc(-n2ncc(C(=O)NC(C)CC(=O)O)c2C(C)C)cc1. The van der Waals surface area contributed by atoms with Crippen LogP contribution in [0.4, 0.5) is 0 Å². The second kappa shape index (κ2) is 7.29. The second-order valence-corrected chi connectivity index (χ2v) is 6.32. The fourth-order valence-electron chi connectivity index (χ4n) is 2.59. The van der Waals surface area contributed by atoms with Gasteiger partial charge in [0.2, 0.25) is 0 Å². The van der Waals surface area contributed by atoms with Gasteiger partial charge in [-0.2, -0.15) is 5.10 Å². The van der Waals surface area contributed by atoms with Gasteiger partial charge in [0.05, 0.1) is 29.6 Å². The molecular formula is C18H23N3O3. The molecule has 1 aromatic heterocycles. The van der Waals surface area contributed by atoms with Crippen LogP contribution in [-0.4, -0.2) is 32.8 Å². The normalized spacial score (nSPS) is 12.2. The van der Waals surface area contributed by atoms with Crippen molar-refractivity contribution in [3.05, 3.63) is 47.3 Å². The predicted molar refractivity (Wildman–Crippen MR) is 91.6 cm³/mol. The predicted octanol–water partition coefficient (Wildman–Crippen LogP) is 2.90. The summed E-state index contributed by atoms with van der Waals surface area (Å²) in [4.78, 5) is 23.3. The zero-order chi connectivity index (χ0) is 17.9. The molecule has 0 spiro atoms. The summed E-state index contributed by atoms with van der Waals surface area (Å²) in [6.07, 6.45) is 1.42. The van der Waals surface area contributed by atoms with E-state index < -0.39 is 12.0 Å². The Morgan fingerprint density at radius 3 is 2.38 bits per heavy atom. The first kappa shape index (κ1) is 17.7. The number of carboxylic acids is 1. The number of carboxylic acid groups (broad SMARTS) is 1. The number of carbonyl (C=O) groups excluding carboxylic acids is 1. The smallest absolute Gasteiger partial charge is 0.305 e.